The average molecular weight is 393 g/mol. The Morgan fingerprint density at radius 2 is 1.43 bits per heavy atom. The molecule has 1 heterocycles. The van der Waals surface area contributed by atoms with Gasteiger partial charge in [0.15, 0.2) is 0 Å². The van der Waals surface area contributed by atoms with Crippen LogP contribution in [0, 0.1) is 4.64 Å². The average Bonchev–Trinajstić information content (AvgIpc) is 2.37. The van der Waals surface area contributed by atoms with E-state index in [-0.39, 0.29) is 10.3 Å². The lowest BCUT2D eigenvalue weighted by atomic mass is 10.2. The normalized spacial score (nSPS) is 12.5. The van der Waals surface area contributed by atoms with Gasteiger partial charge in [-0.2, -0.15) is 26.3 Å². The first-order valence-corrected chi connectivity index (χ1v) is 6.80. The zero-order chi connectivity index (χ0) is 17.6. The Balaban J connectivity index is 2.62. The molecule has 0 saturated carbocycles. The van der Waals surface area contributed by atoms with E-state index in [1.54, 1.807) is 0 Å². The highest BCUT2D eigenvalue weighted by Crippen LogP contribution is 2.38. The van der Waals surface area contributed by atoms with Crippen molar-refractivity contribution in [3.63, 3.8) is 0 Å². The molecule has 2 nitrogen and oxygen atoms in total. The van der Waals surface area contributed by atoms with Crippen LogP contribution in [0.25, 0.3) is 5.69 Å². The lowest BCUT2D eigenvalue weighted by Crippen LogP contribution is -2.11. The van der Waals surface area contributed by atoms with E-state index in [1.165, 1.54) is 0 Å². The molecule has 0 saturated heterocycles. The van der Waals surface area contributed by atoms with E-state index < -0.39 is 33.7 Å². The highest BCUT2D eigenvalue weighted by molar-refractivity contribution is 7.71. The number of nitrogens with zero attached hydrogens (tertiary/aromatic N) is 2. The van der Waals surface area contributed by atoms with Gasteiger partial charge in [0, 0.05) is 6.07 Å². The SMILES string of the molecule is FC(F)(F)c1cc(Cl)c(-n2cnc(C(F)(F)F)cc2=S)c(Cl)c1. The lowest BCUT2D eigenvalue weighted by Gasteiger charge is -2.15. The van der Waals surface area contributed by atoms with Crippen LogP contribution in [0.15, 0.2) is 24.5 Å². The van der Waals surface area contributed by atoms with Crippen molar-refractivity contribution in [1.29, 1.82) is 0 Å². The Morgan fingerprint density at radius 1 is 0.913 bits per heavy atom. The molecule has 23 heavy (non-hydrogen) atoms. The van der Waals surface area contributed by atoms with Gasteiger partial charge in [0.2, 0.25) is 0 Å². The predicted octanol–water partition coefficient (Wildman–Crippen LogP) is 5.95. The predicted molar refractivity (Wildman–Crippen MR) is 74.4 cm³/mol. The monoisotopic (exact) mass is 392 g/mol. The maximum absolute atomic E-state index is 12.7. The second kappa shape index (κ2) is 5.95. The van der Waals surface area contributed by atoms with Crippen molar-refractivity contribution in [2.45, 2.75) is 12.4 Å². The Labute approximate surface area is 140 Å². The van der Waals surface area contributed by atoms with Gasteiger partial charge in [0.25, 0.3) is 0 Å². The number of aromatic nitrogens is 2. The van der Waals surface area contributed by atoms with Crippen molar-refractivity contribution >= 4 is 35.4 Å². The molecule has 1 aromatic heterocycles. The minimum atomic E-state index is -4.71. The van der Waals surface area contributed by atoms with Crippen LogP contribution in [0.4, 0.5) is 26.3 Å². The Kier molecular flexibility index (Phi) is 4.67. The molecule has 0 aliphatic heterocycles. The van der Waals surface area contributed by atoms with Gasteiger partial charge in [-0.15, -0.1) is 0 Å². The summed E-state index contributed by atoms with van der Waals surface area (Å²) in [5.41, 5.74) is -2.52. The fraction of sp³-hybridized carbons (Fsp3) is 0.167. The number of halogens is 8. The quantitative estimate of drug-likeness (QED) is 0.441. The summed E-state index contributed by atoms with van der Waals surface area (Å²) in [6, 6.07) is 1.75. The van der Waals surface area contributed by atoms with Crippen LogP contribution in [-0.4, -0.2) is 9.55 Å². The fourth-order valence-corrected chi connectivity index (χ4v) is 2.60. The fourth-order valence-electron chi connectivity index (χ4n) is 1.68. The lowest BCUT2D eigenvalue weighted by molar-refractivity contribution is -0.141. The van der Waals surface area contributed by atoms with Crippen molar-refractivity contribution in [3.8, 4) is 5.69 Å². The molecule has 0 bridgehead atoms. The van der Waals surface area contributed by atoms with E-state index in [1.807, 2.05) is 0 Å². The third kappa shape index (κ3) is 3.78. The molecule has 0 amide bonds. The van der Waals surface area contributed by atoms with Crippen molar-refractivity contribution < 1.29 is 26.3 Å². The Morgan fingerprint density at radius 3 is 1.83 bits per heavy atom. The maximum Gasteiger partial charge on any atom is 0.433 e. The molecule has 0 aliphatic rings. The molecular formula is C12H4Cl2F6N2S. The molecule has 0 N–H and O–H groups in total. The van der Waals surface area contributed by atoms with Gasteiger partial charge in [0.05, 0.1) is 21.3 Å². The van der Waals surface area contributed by atoms with Gasteiger partial charge in [-0.05, 0) is 12.1 Å². The molecular weight excluding hydrogens is 389 g/mol. The van der Waals surface area contributed by atoms with E-state index in [0.29, 0.717) is 24.5 Å². The third-order valence-electron chi connectivity index (χ3n) is 2.69. The van der Waals surface area contributed by atoms with Crippen LogP contribution in [0.1, 0.15) is 11.3 Å². The van der Waals surface area contributed by atoms with Crippen LogP contribution in [-0.2, 0) is 12.4 Å². The molecule has 0 fully saturated rings. The second-order valence-electron chi connectivity index (χ2n) is 4.27. The van der Waals surface area contributed by atoms with Gasteiger partial charge in [-0.3, -0.25) is 4.57 Å². The number of benzene rings is 1. The maximum atomic E-state index is 12.7. The zero-order valence-electron chi connectivity index (χ0n) is 10.6. The molecule has 0 spiro atoms. The first-order valence-electron chi connectivity index (χ1n) is 5.64. The summed E-state index contributed by atoms with van der Waals surface area (Å²) < 4.78 is 76.2. The van der Waals surface area contributed by atoms with Gasteiger partial charge in [-0.25, -0.2) is 4.98 Å². The molecule has 11 heteroatoms. The van der Waals surface area contributed by atoms with Crippen LogP contribution in [0.5, 0.6) is 0 Å². The van der Waals surface area contributed by atoms with Crippen molar-refractivity contribution in [2.24, 2.45) is 0 Å². The summed E-state index contributed by atoms with van der Waals surface area (Å²) >= 11 is 16.4. The van der Waals surface area contributed by atoms with Crippen molar-refractivity contribution in [2.75, 3.05) is 0 Å². The first-order chi connectivity index (χ1) is 10.4. The smallest absolute Gasteiger partial charge is 0.288 e. The highest BCUT2D eigenvalue weighted by atomic mass is 35.5. The van der Waals surface area contributed by atoms with Gasteiger partial charge < -0.3 is 0 Å². The minimum absolute atomic E-state index is 0.187. The molecule has 2 aromatic rings. The summed E-state index contributed by atoms with van der Waals surface area (Å²) in [5.74, 6) is 0. The van der Waals surface area contributed by atoms with E-state index in [9.17, 15) is 26.3 Å². The first kappa shape index (κ1) is 18.0. The van der Waals surface area contributed by atoms with Gasteiger partial charge in [-0.1, -0.05) is 35.4 Å². The zero-order valence-corrected chi connectivity index (χ0v) is 13.0. The minimum Gasteiger partial charge on any atom is -0.288 e. The number of hydrogen-bond acceptors (Lipinski definition) is 2. The molecule has 0 aliphatic carbocycles. The Bertz CT molecular complexity index is 789. The summed E-state index contributed by atoms with van der Waals surface area (Å²) in [4.78, 5) is 3.17. The summed E-state index contributed by atoms with van der Waals surface area (Å²) in [7, 11) is 0. The van der Waals surface area contributed by atoms with E-state index in [4.69, 9.17) is 35.4 Å². The second-order valence-corrected chi connectivity index (χ2v) is 5.50. The van der Waals surface area contributed by atoms with Crippen LogP contribution >= 0.6 is 35.4 Å². The van der Waals surface area contributed by atoms with Gasteiger partial charge in [0.1, 0.15) is 16.7 Å². The molecule has 0 unspecified atom stereocenters. The Hall–Kier alpha value is -1.32. The summed E-state index contributed by atoms with van der Waals surface area (Å²) in [6.07, 6.45) is -8.68. The van der Waals surface area contributed by atoms with E-state index >= 15 is 0 Å². The summed E-state index contributed by atoms with van der Waals surface area (Å²) in [5, 5.41) is -0.857. The third-order valence-corrected chi connectivity index (χ3v) is 3.58. The number of hydrogen-bond donors (Lipinski definition) is 0. The largest absolute Gasteiger partial charge is 0.433 e. The number of rotatable bonds is 1. The molecule has 124 valence electrons. The number of alkyl halides is 6. The molecule has 0 radical (unpaired) electrons. The molecule has 1 aromatic carbocycles. The van der Waals surface area contributed by atoms with E-state index in [0.717, 1.165) is 4.57 Å². The van der Waals surface area contributed by atoms with Crippen LogP contribution < -0.4 is 0 Å². The highest BCUT2D eigenvalue weighted by Gasteiger charge is 2.34. The van der Waals surface area contributed by atoms with E-state index in [2.05, 4.69) is 4.98 Å². The van der Waals surface area contributed by atoms with Crippen LogP contribution in [0.3, 0.4) is 0 Å². The summed E-state index contributed by atoms with van der Waals surface area (Å²) in [6.45, 7) is 0. The van der Waals surface area contributed by atoms with Gasteiger partial charge >= 0.3 is 12.4 Å². The standard InChI is InChI=1S/C12H4Cl2F6N2S/c13-6-1-5(11(15,16)17)2-7(14)10(6)22-4-21-8(3-9(22)23)12(18,19)20/h1-4H. The molecule has 2 rings (SSSR count). The van der Waals surface area contributed by atoms with Crippen LogP contribution in [0.2, 0.25) is 10.0 Å². The topological polar surface area (TPSA) is 17.8 Å². The van der Waals surface area contributed by atoms with Crippen molar-refractivity contribution in [1.82, 2.24) is 9.55 Å². The van der Waals surface area contributed by atoms with Crippen molar-refractivity contribution in [3.05, 3.63) is 50.5 Å². The molecule has 0 atom stereocenters.